The molecule has 0 spiro atoms. The van der Waals surface area contributed by atoms with Crippen LogP contribution < -0.4 is 10.2 Å². The molecule has 7 nitrogen and oxygen atoms in total. The second-order valence-electron chi connectivity index (χ2n) is 8.12. The maximum atomic E-state index is 13.6. The van der Waals surface area contributed by atoms with E-state index >= 15 is 0 Å². The fraction of sp³-hybridized carbons (Fsp3) is 0.522. The molecular formula is C23H31N5O2. The second kappa shape index (κ2) is 9.43. The highest BCUT2D eigenvalue weighted by Gasteiger charge is 2.27. The number of rotatable bonds is 5. The molecule has 2 saturated heterocycles. The summed E-state index contributed by atoms with van der Waals surface area (Å²) < 4.78 is 0. The molecule has 2 aromatic rings. The standard InChI is InChI=1S/C23H31N5O2/c1-2-24-21(29)17-26-10-7-13-28(15-14-26)23(30)19-16-18-8-3-4-9-20(18)25-22(19)27-11-5-6-12-27/h3-4,8-9,16H,2,5-7,10-15,17H2,1H3,(H,24,29). The van der Waals surface area contributed by atoms with Crippen LogP contribution in [0.1, 0.15) is 36.5 Å². The van der Waals surface area contributed by atoms with Crippen LogP contribution in [0.2, 0.25) is 0 Å². The molecule has 1 N–H and O–H groups in total. The minimum absolute atomic E-state index is 0.0484. The Bertz CT molecular complexity index is 910. The van der Waals surface area contributed by atoms with E-state index in [1.807, 2.05) is 42.2 Å². The van der Waals surface area contributed by atoms with Gasteiger partial charge in [0.2, 0.25) is 5.91 Å². The molecule has 30 heavy (non-hydrogen) atoms. The van der Waals surface area contributed by atoms with Crippen LogP contribution in [0.15, 0.2) is 30.3 Å². The van der Waals surface area contributed by atoms with Crippen molar-refractivity contribution in [3.05, 3.63) is 35.9 Å². The smallest absolute Gasteiger partial charge is 0.257 e. The van der Waals surface area contributed by atoms with E-state index in [2.05, 4.69) is 15.1 Å². The lowest BCUT2D eigenvalue weighted by molar-refractivity contribution is -0.122. The topological polar surface area (TPSA) is 68.8 Å². The van der Waals surface area contributed by atoms with Crippen LogP contribution in [-0.2, 0) is 4.79 Å². The van der Waals surface area contributed by atoms with E-state index in [9.17, 15) is 9.59 Å². The number of amides is 2. The Balaban J connectivity index is 1.55. The van der Waals surface area contributed by atoms with Crippen molar-refractivity contribution in [1.29, 1.82) is 0 Å². The molecule has 0 unspecified atom stereocenters. The third-order valence-corrected chi connectivity index (χ3v) is 5.96. The number of carbonyl (C=O) groups is 2. The molecule has 2 amide bonds. The monoisotopic (exact) mass is 409 g/mol. The molecule has 1 aromatic carbocycles. The van der Waals surface area contributed by atoms with E-state index in [0.717, 1.165) is 55.6 Å². The lowest BCUT2D eigenvalue weighted by Gasteiger charge is -2.25. The number of benzene rings is 1. The molecule has 4 rings (SSSR count). The minimum atomic E-state index is 0.0484. The zero-order valence-corrected chi connectivity index (χ0v) is 17.8. The van der Waals surface area contributed by atoms with Crippen molar-refractivity contribution in [2.75, 3.05) is 57.3 Å². The van der Waals surface area contributed by atoms with Gasteiger partial charge in [0.15, 0.2) is 0 Å². The Labute approximate surface area is 178 Å². The summed E-state index contributed by atoms with van der Waals surface area (Å²) >= 11 is 0. The third-order valence-electron chi connectivity index (χ3n) is 5.96. The first kappa shape index (κ1) is 20.6. The van der Waals surface area contributed by atoms with Crippen LogP contribution in [-0.4, -0.2) is 79.0 Å². The first-order valence-electron chi connectivity index (χ1n) is 11.1. The first-order valence-corrected chi connectivity index (χ1v) is 11.1. The lowest BCUT2D eigenvalue weighted by Crippen LogP contribution is -2.40. The molecule has 1 aromatic heterocycles. The zero-order valence-electron chi connectivity index (χ0n) is 17.8. The third kappa shape index (κ3) is 4.56. The van der Waals surface area contributed by atoms with Crippen molar-refractivity contribution in [2.24, 2.45) is 0 Å². The molecule has 0 atom stereocenters. The van der Waals surface area contributed by atoms with Crippen molar-refractivity contribution in [2.45, 2.75) is 26.2 Å². The highest BCUT2D eigenvalue weighted by atomic mass is 16.2. The maximum Gasteiger partial charge on any atom is 0.257 e. The van der Waals surface area contributed by atoms with Crippen LogP contribution in [0.5, 0.6) is 0 Å². The van der Waals surface area contributed by atoms with Crippen LogP contribution in [0.4, 0.5) is 5.82 Å². The van der Waals surface area contributed by atoms with Gasteiger partial charge in [0, 0.05) is 51.2 Å². The highest BCUT2D eigenvalue weighted by Crippen LogP contribution is 2.28. The number of pyridine rings is 1. The Kier molecular flexibility index (Phi) is 6.47. The summed E-state index contributed by atoms with van der Waals surface area (Å²) in [5, 5.41) is 3.85. The number of hydrogen-bond acceptors (Lipinski definition) is 5. The summed E-state index contributed by atoms with van der Waals surface area (Å²) in [6.45, 7) is 7.74. The van der Waals surface area contributed by atoms with Gasteiger partial charge in [-0.1, -0.05) is 18.2 Å². The number of hydrogen-bond donors (Lipinski definition) is 1. The minimum Gasteiger partial charge on any atom is -0.356 e. The van der Waals surface area contributed by atoms with Gasteiger partial charge in [-0.15, -0.1) is 0 Å². The molecule has 7 heteroatoms. The van der Waals surface area contributed by atoms with E-state index in [1.54, 1.807) is 0 Å². The van der Waals surface area contributed by atoms with E-state index in [1.165, 1.54) is 0 Å². The maximum absolute atomic E-state index is 13.6. The first-order chi connectivity index (χ1) is 14.7. The molecule has 0 saturated carbocycles. The summed E-state index contributed by atoms with van der Waals surface area (Å²) in [7, 11) is 0. The summed E-state index contributed by atoms with van der Waals surface area (Å²) in [5.41, 5.74) is 1.63. The quantitative estimate of drug-likeness (QED) is 0.819. The number of nitrogens with zero attached hydrogens (tertiary/aromatic N) is 4. The zero-order chi connectivity index (χ0) is 20.9. The Morgan fingerprint density at radius 2 is 1.80 bits per heavy atom. The van der Waals surface area contributed by atoms with Gasteiger partial charge >= 0.3 is 0 Å². The molecular weight excluding hydrogens is 378 g/mol. The number of nitrogens with one attached hydrogen (secondary N) is 1. The molecule has 160 valence electrons. The van der Waals surface area contributed by atoms with Gasteiger partial charge in [0.1, 0.15) is 5.82 Å². The Morgan fingerprint density at radius 3 is 2.60 bits per heavy atom. The van der Waals surface area contributed by atoms with Gasteiger partial charge in [-0.05, 0) is 38.3 Å². The number of aromatic nitrogens is 1. The van der Waals surface area contributed by atoms with Crippen LogP contribution in [0, 0.1) is 0 Å². The van der Waals surface area contributed by atoms with Crippen molar-refractivity contribution < 1.29 is 9.59 Å². The number of likely N-dealkylation sites (N-methyl/N-ethyl adjacent to an activating group) is 1. The van der Waals surface area contributed by atoms with Crippen molar-refractivity contribution in [1.82, 2.24) is 20.1 Å². The molecule has 0 aliphatic carbocycles. The number of fused-ring (bicyclic) bond motifs is 1. The van der Waals surface area contributed by atoms with E-state index in [-0.39, 0.29) is 11.8 Å². The van der Waals surface area contributed by atoms with Gasteiger partial charge in [0.05, 0.1) is 17.6 Å². The average Bonchev–Trinajstić information content (AvgIpc) is 3.19. The molecule has 2 aliphatic heterocycles. The predicted octanol–water partition coefficient (Wildman–Crippen LogP) is 2.12. The average molecular weight is 410 g/mol. The van der Waals surface area contributed by atoms with Gasteiger partial charge in [-0.3, -0.25) is 14.5 Å². The van der Waals surface area contributed by atoms with E-state index in [4.69, 9.17) is 4.98 Å². The van der Waals surface area contributed by atoms with Gasteiger partial charge in [0.25, 0.3) is 5.91 Å². The summed E-state index contributed by atoms with van der Waals surface area (Å²) in [4.78, 5) is 36.7. The molecule has 2 fully saturated rings. The Morgan fingerprint density at radius 1 is 1.00 bits per heavy atom. The fourth-order valence-electron chi connectivity index (χ4n) is 4.39. The summed E-state index contributed by atoms with van der Waals surface area (Å²) in [6, 6.07) is 10.0. The van der Waals surface area contributed by atoms with Gasteiger partial charge in [-0.25, -0.2) is 4.98 Å². The van der Waals surface area contributed by atoms with Gasteiger partial charge < -0.3 is 15.1 Å². The molecule has 3 heterocycles. The SMILES string of the molecule is CCNC(=O)CN1CCCN(C(=O)c2cc3ccccc3nc2N2CCCC2)CC1. The van der Waals surface area contributed by atoms with Crippen LogP contribution in [0.3, 0.4) is 0 Å². The van der Waals surface area contributed by atoms with Crippen LogP contribution in [0.25, 0.3) is 10.9 Å². The number of para-hydroxylation sites is 1. The largest absolute Gasteiger partial charge is 0.356 e. The normalized spacial score (nSPS) is 17.9. The van der Waals surface area contributed by atoms with Crippen LogP contribution >= 0.6 is 0 Å². The lowest BCUT2D eigenvalue weighted by atomic mass is 10.1. The van der Waals surface area contributed by atoms with Crippen molar-refractivity contribution in [3.8, 4) is 0 Å². The van der Waals surface area contributed by atoms with E-state index in [0.29, 0.717) is 38.3 Å². The fourth-order valence-corrected chi connectivity index (χ4v) is 4.39. The number of carbonyl (C=O) groups excluding carboxylic acids is 2. The Hall–Kier alpha value is -2.67. The predicted molar refractivity (Wildman–Crippen MR) is 119 cm³/mol. The second-order valence-corrected chi connectivity index (χ2v) is 8.12. The highest BCUT2D eigenvalue weighted by molar-refractivity contribution is 6.02. The van der Waals surface area contributed by atoms with Gasteiger partial charge in [-0.2, -0.15) is 0 Å². The van der Waals surface area contributed by atoms with Crippen molar-refractivity contribution >= 4 is 28.5 Å². The molecule has 2 aliphatic rings. The number of anilines is 1. The molecule has 0 radical (unpaired) electrons. The summed E-state index contributed by atoms with van der Waals surface area (Å²) in [5.74, 6) is 0.918. The van der Waals surface area contributed by atoms with Crippen molar-refractivity contribution in [3.63, 3.8) is 0 Å². The van der Waals surface area contributed by atoms with E-state index < -0.39 is 0 Å². The molecule has 0 bridgehead atoms. The summed E-state index contributed by atoms with van der Waals surface area (Å²) in [6.07, 6.45) is 3.15.